The van der Waals surface area contributed by atoms with Gasteiger partial charge in [0.25, 0.3) is 11.5 Å². The van der Waals surface area contributed by atoms with Crippen LogP contribution in [0.5, 0.6) is 0 Å². The fraction of sp³-hybridized carbons (Fsp3) is 0.0667. The van der Waals surface area contributed by atoms with E-state index >= 15 is 0 Å². The zero-order valence-electron chi connectivity index (χ0n) is 11.3. The smallest absolute Gasteiger partial charge is 0.276 e. The van der Waals surface area contributed by atoms with Crippen molar-refractivity contribution in [2.75, 3.05) is 5.32 Å². The Morgan fingerprint density at radius 2 is 1.95 bits per heavy atom. The van der Waals surface area contributed by atoms with Crippen LogP contribution in [-0.4, -0.2) is 21.1 Å². The molecule has 0 radical (unpaired) electrons. The number of carbonyl (C=O) groups is 1. The third-order valence-electron chi connectivity index (χ3n) is 3.04. The minimum atomic E-state index is -0.394. The Hall–Kier alpha value is -3.02. The molecule has 0 aliphatic rings. The van der Waals surface area contributed by atoms with Gasteiger partial charge in [0.1, 0.15) is 0 Å². The van der Waals surface area contributed by atoms with Crippen LogP contribution in [0, 0.1) is 6.92 Å². The molecule has 3 aromatic rings. The molecule has 104 valence electrons. The number of aryl methyl sites for hydroxylation is 1. The lowest BCUT2D eigenvalue weighted by Gasteiger charge is -2.06. The van der Waals surface area contributed by atoms with Crippen molar-refractivity contribution in [3.05, 3.63) is 64.3 Å². The van der Waals surface area contributed by atoms with Crippen molar-refractivity contribution in [2.24, 2.45) is 0 Å². The summed E-state index contributed by atoms with van der Waals surface area (Å²) in [6, 6.07) is 8.65. The Bertz CT molecular complexity index is 886. The predicted molar refractivity (Wildman–Crippen MR) is 79.3 cm³/mol. The Morgan fingerprint density at radius 3 is 2.71 bits per heavy atom. The van der Waals surface area contributed by atoms with Gasteiger partial charge >= 0.3 is 0 Å². The first-order valence-electron chi connectivity index (χ1n) is 6.35. The number of amides is 1. The van der Waals surface area contributed by atoms with E-state index in [-0.39, 0.29) is 11.3 Å². The van der Waals surface area contributed by atoms with E-state index in [0.717, 1.165) is 5.56 Å². The fourth-order valence-corrected chi connectivity index (χ4v) is 2.10. The summed E-state index contributed by atoms with van der Waals surface area (Å²) in [5, 5.41) is 9.86. The second kappa shape index (κ2) is 5.16. The number of anilines is 1. The summed E-state index contributed by atoms with van der Waals surface area (Å²) in [4.78, 5) is 28.0. The van der Waals surface area contributed by atoms with Crippen molar-refractivity contribution < 1.29 is 4.79 Å². The van der Waals surface area contributed by atoms with Gasteiger partial charge in [-0.1, -0.05) is 18.2 Å². The summed E-state index contributed by atoms with van der Waals surface area (Å²) < 4.78 is 0. The molecule has 0 fully saturated rings. The second-order valence-electron chi connectivity index (χ2n) is 4.65. The summed E-state index contributed by atoms with van der Waals surface area (Å²) >= 11 is 0. The minimum Gasteiger partial charge on any atom is -0.319 e. The molecule has 0 aliphatic heterocycles. The third kappa shape index (κ3) is 2.51. The molecule has 0 spiro atoms. The molecule has 0 bridgehead atoms. The lowest BCUT2D eigenvalue weighted by Crippen LogP contribution is -2.19. The highest BCUT2D eigenvalue weighted by Crippen LogP contribution is 2.14. The summed E-state index contributed by atoms with van der Waals surface area (Å²) in [6.45, 7) is 1.89. The van der Waals surface area contributed by atoms with Crippen LogP contribution in [0.3, 0.4) is 0 Å². The number of H-pyrrole nitrogens is 1. The van der Waals surface area contributed by atoms with Gasteiger partial charge in [0.15, 0.2) is 5.69 Å². The van der Waals surface area contributed by atoms with E-state index in [1.54, 1.807) is 42.7 Å². The number of aromatic nitrogens is 3. The first kappa shape index (κ1) is 13.0. The molecule has 1 amide bonds. The molecule has 3 rings (SSSR count). The van der Waals surface area contributed by atoms with Gasteiger partial charge in [-0.2, -0.15) is 5.10 Å². The van der Waals surface area contributed by atoms with Gasteiger partial charge in [0.05, 0.1) is 17.3 Å². The van der Waals surface area contributed by atoms with Gasteiger partial charge in [-0.05, 0) is 24.6 Å². The van der Waals surface area contributed by atoms with Crippen LogP contribution in [0.4, 0.5) is 5.69 Å². The number of hydrogen-bond donors (Lipinski definition) is 2. The van der Waals surface area contributed by atoms with E-state index in [1.165, 1.54) is 0 Å². The van der Waals surface area contributed by atoms with Crippen LogP contribution in [0.25, 0.3) is 10.8 Å². The third-order valence-corrected chi connectivity index (χ3v) is 3.04. The summed E-state index contributed by atoms with van der Waals surface area (Å²) in [5.74, 6) is -0.394. The lowest BCUT2D eigenvalue weighted by molar-refractivity contribution is 0.102. The second-order valence-corrected chi connectivity index (χ2v) is 4.65. The minimum absolute atomic E-state index is 0.173. The van der Waals surface area contributed by atoms with E-state index in [9.17, 15) is 9.59 Å². The summed E-state index contributed by atoms with van der Waals surface area (Å²) in [6.07, 6.45) is 3.25. The molecule has 0 saturated carbocycles. The van der Waals surface area contributed by atoms with Crippen LogP contribution < -0.4 is 10.9 Å². The Labute approximate surface area is 119 Å². The Morgan fingerprint density at radius 1 is 1.19 bits per heavy atom. The van der Waals surface area contributed by atoms with E-state index in [1.807, 2.05) is 6.92 Å². The predicted octanol–water partition coefficient (Wildman–Crippen LogP) is 1.88. The van der Waals surface area contributed by atoms with Crippen molar-refractivity contribution in [3.63, 3.8) is 0 Å². The number of rotatable bonds is 2. The van der Waals surface area contributed by atoms with Crippen molar-refractivity contribution in [3.8, 4) is 0 Å². The molecule has 2 heterocycles. The molecule has 1 aromatic carbocycles. The average molecular weight is 280 g/mol. The van der Waals surface area contributed by atoms with E-state index in [0.29, 0.717) is 16.5 Å². The number of nitrogens with zero attached hydrogens (tertiary/aromatic N) is 2. The Kier molecular flexibility index (Phi) is 3.19. The van der Waals surface area contributed by atoms with Crippen LogP contribution in [0.15, 0.2) is 47.5 Å². The maximum atomic E-state index is 12.3. The molecule has 0 unspecified atom stereocenters. The van der Waals surface area contributed by atoms with Crippen molar-refractivity contribution in [1.82, 2.24) is 15.2 Å². The molecule has 0 saturated heterocycles. The molecule has 2 aromatic heterocycles. The Balaban J connectivity index is 2.03. The van der Waals surface area contributed by atoms with Crippen molar-refractivity contribution in [1.29, 1.82) is 0 Å². The van der Waals surface area contributed by atoms with Crippen molar-refractivity contribution in [2.45, 2.75) is 6.92 Å². The van der Waals surface area contributed by atoms with Gasteiger partial charge < -0.3 is 5.32 Å². The van der Waals surface area contributed by atoms with Crippen molar-refractivity contribution >= 4 is 22.4 Å². The maximum absolute atomic E-state index is 12.3. The van der Waals surface area contributed by atoms with E-state index < -0.39 is 5.91 Å². The number of hydrogen-bond acceptors (Lipinski definition) is 4. The van der Waals surface area contributed by atoms with Gasteiger partial charge in [-0.25, -0.2) is 5.10 Å². The maximum Gasteiger partial charge on any atom is 0.276 e. The molecular formula is C15H12N4O2. The normalized spacial score (nSPS) is 10.5. The fourth-order valence-electron chi connectivity index (χ4n) is 2.10. The monoisotopic (exact) mass is 280 g/mol. The quantitative estimate of drug-likeness (QED) is 0.750. The molecule has 6 heteroatoms. The molecule has 0 aliphatic carbocycles. The molecule has 2 N–H and O–H groups in total. The molecule has 0 atom stereocenters. The van der Waals surface area contributed by atoms with Gasteiger partial charge in [-0.3, -0.25) is 14.6 Å². The number of aromatic amines is 1. The van der Waals surface area contributed by atoms with E-state index in [2.05, 4.69) is 20.5 Å². The van der Waals surface area contributed by atoms with Gasteiger partial charge in [0, 0.05) is 11.6 Å². The van der Waals surface area contributed by atoms with Gasteiger partial charge in [0.2, 0.25) is 0 Å². The highest BCUT2D eigenvalue weighted by molar-refractivity contribution is 6.10. The zero-order chi connectivity index (χ0) is 14.8. The largest absolute Gasteiger partial charge is 0.319 e. The topological polar surface area (TPSA) is 87.7 Å². The zero-order valence-corrected chi connectivity index (χ0v) is 11.3. The number of carbonyl (C=O) groups excluding carboxylic acids is 1. The number of benzene rings is 1. The SMILES string of the molecule is Cc1cncc(NC(=O)c2n[nH]c(=O)c3ccccc23)c1. The first-order chi connectivity index (χ1) is 10.1. The van der Waals surface area contributed by atoms with Crippen LogP contribution in [-0.2, 0) is 0 Å². The summed E-state index contributed by atoms with van der Waals surface area (Å²) in [7, 11) is 0. The van der Waals surface area contributed by atoms with Gasteiger partial charge in [-0.15, -0.1) is 0 Å². The van der Waals surface area contributed by atoms with E-state index in [4.69, 9.17) is 0 Å². The molecule has 21 heavy (non-hydrogen) atoms. The highest BCUT2D eigenvalue weighted by atomic mass is 16.2. The average Bonchev–Trinajstić information content (AvgIpc) is 2.48. The highest BCUT2D eigenvalue weighted by Gasteiger charge is 2.14. The molecular weight excluding hydrogens is 268 g/mol. The first-order valence-corrected chi connectivity index (χ1v) is 6.35. The van der Waals surface area contributed by atoms with Crippen LogP contribution >= 0.6 is 0 Å². The van der Waals surface area contributed by atoms with Crippen LogP contribution in [0.1, 0.15) is 16.1 Å². The number of fused-ring (bicyclic) bond motifs is 1. The lowest BCUT2D eigenvalue weighted by atomic mass is 10.1. The number of pyridine rings is 1. The standard InChI is InChI=1S/C15H12N4O2/c1-9-6-10(8-16-7-9)17-15(21)13-11-4-2-3-5-12(11)14(20)19-18-13/h2-8H,1H3,(H,17,21)(H,19,20). The summed E-state index contributed by atoms with van der Waals surface area (Å²) in [5.41, 5.74) is 1.37. The van der Waals surface area contributed by atoms with Crippen LogP contribution in [0.2, 0.25) is 0 Å². The number of nitrogens with one attached hydrogen (secondary N) is 2. The molecule has 6 nitrogen and oxygen atoms in total.